The minimum Gasteiger partial charge on any atom is -0.455 e. The Balaban J connectivity index is 1.31. The molecule has 180 valence electrons. The molecule has 0 unspecified atom stereocenters. The molecule has 0 spiro atoms. The van der Waals surface area contributed by atoms with Crippen molar-refractivity contribution in [1.82, 2.24) is 19.9 Å². The van der Waals surface area contributed by atoms with Gasteiger partial charge in [-0.25, -0.2) is 20.1 Å². The normalized spacial score (nSPS) is 20.8. The van der Waals surface area contributed by atoms with E-state index in [9.17, 15) is 13.5 Å². The zero-order valence-corrected chi connectivity index (χ0v) is 19.2. The van der Waals surface area contributed by atoms with Crippen molar-refractivity contribution in [2.24, 2.45) is 11.1 Å². The Morgan fingerprint density at radius 1 is 1.14 bits per heavy atom. The number of para-hydroxylation sites is 2. The van der Waals surface area contributed by atoms with Crippen molar-refractivity contribution in [1.29, 1.82) is 0 Å². The van der Waals surface area contributed by atoms with Gasteiger partial charge in [0.1, 0.15) is 23.3 Å². The molecule has 0 saturated heterocycles. The largest absolute Gasteiger partial charge is 0.455 e. The van der Waals surface area contributed by atoms with Crippen molar-refractivity contribution < 1.29 is 22.1 Å². The summed E-state index contributed by atoms with van der Waals surface area (Å²) in [5, 5.41) is 20.6. The molecule has 0 radical (unpaired) electrons. The number of nitrogens with two attached hydrogens (primary N) is 1. The average molecular weight is 495 g/mol. The van der Waals surface area contributed by atoms with Crippen LogP contribution in [0.15, 0.2) is 53.2 Å². The first kappa shape index (κ1) is 21.9. The molecule has 6 rings (SSSR count). The number of H-pyrrole nitrogens is 1. The number of nitrogens with one attached hydrogen (secondary N) is 2. The van der Waals surface area contributed by atoms with E-state index in [1.165, 1.54) is 6.33 Å². The molecule has 11 nitrogen and oxygen atoms in total. The molecular formula is C23H22N6O5S. The fourth-order valence-electron chi connectivity index (χ4n) is 4.77. The van der Waals surface area contributed by atoms with Crippen LogP contribution in [0, 0.1) is 5.92 Å². The summed E-state index contributed by atoms with van der Waals surface area (Å²) >= 11 is 0. The summed E-state index contributed by atoms with van der Waals surface area (Å²) < 4.78 is 33.0. The molecule has 0 amide bonds. The molecule has 0 bridgehead atoms. The second kappa shape index (κ2) is 8.27. The minimum absolute atomic E-state index is 0.156. The number of aliphatic hydroxyl groups is 1. The summed E-state index contributed by atoms with van der Waals surface area (Å²) in [5.41, 5.74) is 3.44. The number of hydrogen-bond acceptors (Lipinski definition) is 9. The summed E-state index contributed by atoms with van der Waals surface area (Å²) in [5.74, 6) is 0.738. The van der Waals surface area contributed by atoms with E-state index in [0.29, 0.717) is 35.6 Å². The van der Waals surface area contributed by atoms with Crippen LogP contribution in [0.2, 0.25) is 0 Å². The van der Waals surface area contributed by atoms with Crippen molar-refractivity contribution in [3.8, 4) is 11.4 Å². The van der Waals surface area contributed by atoms with Crippen LogP contribution in [0.3, 0.4) is 0 Å². The number of anilines is 1. The minimum atomic E-state index is -4.06. The maximum atomic E-state index is 11.1. The number of aromatic nitrogens is 4. The van der Waals surface area contributed by atoms with E-state index in [-0.39, 0.29) is 18.6 Å². The topological polar surface area (TPSA) is 169 Å². The van der Waals surface area contributed by atoms with Crippen LogP contribution in [-0.2, 0) is 14.5 Å². The standard InChI is InChI=1S/C23H22N6O5S/c24-35(31,32)33-10-12-8-13(9-17(12)30)27-22-19-23(26-11-25-22)29-21(28-19)16-6-3-5-15-14-4-1-2-7-18(14)34-20(15)16/h1-7,11-13,17,30H,8-10H2,(H2,24,31,32)(H2,25,26,27,28,29)/t12-,13+,17-/m0/s1. The highest BCUT2D eigenvalue weighted by Gasteiger charge is 2.34. The number of fused-ring (bicyclic) bond motifs is 4. The Kier molecular flexibility index (Phi) is 5.18. The van der Waals surface area contributed by atoms with Crippen LogP contribution in [0.4, 0.5) is 5.82 Å². The quantitative estimate of drug-likeness (QED) is 0.277. The molecule has 5 N–H and O–H groups in total. The molecule has 5 aromatic rings. The Morgan fingerprint density at radius 2 is 1.97 bits per heavy atom. The molecule has 1 fully saturated rings. The van der Waals surface area contributed by atoms with E-state index in [1.807, 2.05) is 42.5 Å². The van der Waals surface area contributed by atoms with Gasteiger partial charge in [0.2, 0.25) is 0 Å². The lowest BCUT2D eigenvalue weighted by atomic mass is 10.1. The summed E-state index contributed by atoms with van der Waals surface area (Å²) in [6, 6.07) is 13.6. The van der Waals surface area contributed by atoms with Gasteiger partial charge in [0.15, 0.2) is 17.0 Å². The van der Waals surface area contributed by atoms with E-state index in [1.54, 1.807) is 0 Å². The van der Waals surface area contributed by atoms with Gasteiger partial charge in [0.05, 0.1) is 18.3 Å². The fraction of sp³-hybridized carbons (Fsp3) is 0.261. The van der Waals surface area contributed by atoms with Crippen LogP contribution in [0.1, 0.15) is 12.8 Å². The van der Waals surface area contributed by atoms with Gasteiger partial charge in [0.25, 0.3) is 0 Å². The fourth-order valence-corrected chi connectivity index (χ4v) is 5.13. The van der Waals surface area contributed by atoms with Crippen LogP contribution in [-0.4, -0.2) is 52.2 Å². The maximum absolute atomic E-state index is 11.1. The zero-order valence-electron chi connectivity index (χ0n) is 18.4. The van der Waals surface area contributed by atoms with Crippen molar-refractivity contribution in [2.75, 3.05) is 11.9 Å². The van der Waals surface area contributed by atoms with E-state index in [2.05, 4.69) is 24.5 Å². The molecule has 1 aliphatic rings. The van der Waals surface area contributed by atoms with Gasteiger partial charge in [-0.3, -0.25) is 4.18 Å². The predicted octanol–water partition coefficient (Wildman–Crippen LogP) is 2.69. The van der Waals surface area contributed by atoms with E-state index >= 15 is 0 Å². The van der Waals surface area contributed by atoms with Crippen molar-refractivity contribution in [2.45, 2.75) is 25.0 Å². The molecule has 3 atom stereocenters. The average Bonchev–Trinajstić information content (AvgIpc) is 3.52. The van der Waals surface area contributed by atoms with Gasteiger partial charge in [-0.2, -0.15) is 8.42 Å². The Bertz CT molecular complexity index is 1660. The summed E-state index contributed by atoms with van der Waals surface area (Å²) in [7, 11) is -4.06. The number of rotatable bonds is 6. The van der Waals surface area contributed by atoms with Crippen molar-refractivity contribution >= 4 is 49.2 Å². The number of aromatic amines is 1. The van der Waals surface area contributed by atoms with E-state index in [4.69, 9.17) is 14.5 Å². The first-order valence-corrected chi connectivity index (χ1v) is 12.6. The number of furan rings is 1. The number of nitrogens with zero attached hydrogens (tertiary/aromatic N) is 3. The Hall–Kier alpha value is -3.58. The van der Waals surface area contributed by atoms with Gasteiger partial charge in [-0.15, -0.1) is 0 Å². The highest BCUT2D eigenvalue weighted by atomic mass is 32.2. The summed E-state index contributed by atoms with van der Waals surface area (Å²) in [6.07, 6.45) is 1.59. The Morgan fingerprint density at radius 3 is 2.83 bits per heavy atom. The molecule has 0 aliphatic heterocycles. The SMILES string of the molecule is NS(=O)(=O)OC[C@@H]1C[C@@H](Nc2ncnc3[nH]c(-c4cccc5c4oc4ccccc45)nc23)C[C@@H]1O. The zero-order chi connectivity index (χ0) is 24.2. The lowest BCUT2D eigenvalue weighted by Crippen LogP contribution is -2.24. The third-order valence-electron chi connectivity index (χ3n) is 6.39. The molecular weight excluding hydrogens is 472 g/mol. The Labute approximate surface area is 199 Å². The van der Waals surface area contributed by atoms with Crippen LogP contribution < -0.4 is 10.5 Å². The lowest BCUT2D eigenvalue weighted by molar-refractivity contribution is 0.101. The molecule has 2 aromatic carbocycles. The van der Waals surface area contributed by atoms with E-state index in [0.717, 1.165) is 27.5 Å². The molecule has 3 heterocycles. The van der Waals surface area contributed by atoms with Crippen LogP contribution >= 0.6 is 0 Å². The maximum Gasteiger partial charge on any atom is 0.333 e. The molecule has 3 aromatic heterocycles. The van der Waals surface area contributed by atoms with Crippen LogP contribution in [0.5, 0.6) is 0 Å². The number of aliphatic hydroxyl groups excluding tert-OH is 1. The van der Waals surface area contributed by atoms with Crippen molar-refractivity contribution in [3.63, 3.8) is 0 Å². The third kappa shape index (κ3) is 4.10. The number of hydrogen-bond donors (Lipinski definition) is 4. The van der Waals surface area contributed by atoms with Crippen molar-refractivity contribution in [3.05, 3.63) is 48.8 Å². The first-order chi connectivity index (χ1) is 16.9. The van der Waals surface area contributed by atoms with Gasteiger partial charge in [-0.1, -0.05) is 30.3 Å². The smallest absolute Gasteiger partial charge is 0.333 e. The highest BCUT2D eigenvalue weighted by molar-refractivity contribution is 7.84. The van der Waals surface area contributed by atoms with Gasteiger partial charge < -0.3 is 19.8 Å². The first-order valence-electron chi connectivity index (χ1n) is 11.1. The molecule has 35 heavy (non-hydrogen) atoms. The molecule has 1 aliphatic carbocycles. The monoisotopic (exact) mass is 494 g/mol. The van der Waals surface area contributed by atoms with E-state index < -0.39 is 16.4 Å². The molecule has 12 heteroatoms. The number of imidazole rings is 1. The van der Waals surface area contributed by atoms with Gasteiger partial charge >= 0.3 is 10.3 Å². The molecule has 1 saturated carbocycles. The van der Waals surface area contributed by atoms with Gasteiger partial charge in [-0.05, 0) is 25.0 Å². The van der Waals surface area contributed by atoms with Gasteiger partial charge in [0, 0.05) is 22.7 Å². The summed E-state index contributed by atoms with van der Waals surface area (Å²) in [6.45, 7) is -0.175. The predicted molar refractivity (Wildman–Crippen MR) is 130 cm³/mol. The second-order valence-electron chi connectivity index (χ2n) is 8.70. The highest BCUT2D eigenvalue weighted by Crippen LogP contribution is 2.36. The third-order valence-corrected chi connectivity index (χ3v) is 6.85. The number of benzene rings is 2. The van der Waals surface area contributed by atoms with Crippen LogP contribution in [0.25, 0.3) is 44.5 Å². The lowest BCUT2D eigenvalue weighted by Gasteiger charge is -2.13. The second-order valence-corrected chi connectivity index (χ2v) is 9.92. The summed E-state index contributed by atoms with van der Waals surface area (Å²) in [4.78, 5) is 16.7.